The number of fused-ring (bicyclic) bond motifs is 1. The lowest BCUT2D eigenvalue weighted by Gasteiger charge is -2.34. The Kier molecular flexibility index (Phi) is 6.04. The number of aromatic nitrogens is 1. The summed E-state index contributed by atoms with van der Waals surface area (Å²) in [6.07, 6.45) is 4.60. The van der Waals surface area contributed by atoms with E-state index in [0.29, 0.717) is 36.1 Å². The van der Waals surface area contributed by atoms with Gasteiger partial charge in [-0.25, -0.2) is 13.2 Å². The van der Waals surface area contributed by atoms with Crippen LogP contribution in [0.1, 0.15) is 41.8 Å². The Labute approximate surface area is 187 Å². The Morgan fingerprint density at radius 2 is 1.81 bits per heavy atom. The second-order valence-corrected chi connectivity index (χ2v) is 10.4. The van der Waals surface area contributed by atoms with E-state index in [1.807, 2.05) is 28.8 Å². The first kappa shape index (κ1) is 22.1. The van der Waals surface area contributed by atoms with Gasteiger partial charge in [0.15, 0.2) is 0 Å². The molecule has 1 aliphatic heterocycles. The summed E-state index contributed by atoms with van der Waals surface area (Å²) in [6.45, 7) is 5.08. The van der Waals surface area contributed by atoms with Crippen LogP contribution >= 0.6 is 0 Å². The van der Waals surface area contributed by atoms with E-state index in [1.165, 1.54) is 28.6 Å². The standard InChI is InChI=1S/C24H25N3O4S/c1-17-11-18(2)14-27(13-17)32(29,30)21-8-6-19(7-9-21)24(28)31-16-20-15-26-10-4-3-5-23(26)22(20)12-25/h3-10,15,17-18H,11,13-14,16H2,1-2H3. The number of hydrogen-bond acceptors (Lipinski definition) is 5. The molecule has 166 valence electrons. The Bertz CT molecular complexity index is 1280. The first-order valence-electron chi connectivity index (χ1n) is 10.6. The highest BCUT2D eigenvalue weighted by Gasteiger charge is 2.31. The van der Waals surface area contributed by atoms with Gasteiger partial charge in [-0.3, -0.25) is 0 Å². The van der Waals surface area contributed by atoms with E-state index in [4.69, 9.17) is 4.74 Å². The number of hydrogen-bond donors (Lipinski definition) is 0. The summed E-state index contributed by atoms with van der Waals surface area (Å²) in [5.41, 5.74) is 2.08. The van der Waals surface area contributed by atoms with E-state index in [2.05, 4.69) is 19.9 Å². The number of benzene rings is 1. The number of ether oxygens (including phenoxy) is 1. The normalized spacial score (nSPS) is 19.5. The van der Waals surface area contributed by atoms with Crippen LogP contribution in [-0.2, 0) is 21.4 Å². The van der Waals surface area contributed by atoms with Crippen LogP contribution in [0.25, 0.3) is 5.52 Å². The lowest BCUT2D eigenvalue weighted by molar-refractivity contribution is 0.0472. The van der Waals surface area contributed by atoms with Gasteiger partial charge in [-0.1, -0.05) is 19.9 Å². The molecule has 1 aliphatic rings. The predicted octanol–water partition coefficient (Wildman–Crippen LogP) is 3.83. The average molecular weight is 452 g/mol. The van der Waals surface area contributed by atoms with Crippen LogP contribution in [0, 0.1) is 23.2 Å². The Balaban J connectivity index is 1.46. The van der Waals surface area contributed by atoms with E-state index in [9.17, 15) is 18.5 Å². The van der Waals surface area contributed by atoms with Crippen LogP contribution < -0.4 is 0 Å². The van der Waals surface area contributed by atoms with Crippen molar-refractivity contribution in [1.82, 2.24) is 8.71 Å². The van der Waals surface area contributed by atoms with Gasteiger partial charge in [0, 0.05) is 31.0 Å². The molecule has 0 N–H and O–H groups in total. The summed E-state index contributed by atoms with van der Waals surface area (Å²) in [5.74, 6) is 0.0486. The van der Waals surface area contributed by atoms with Crippen molar-refractivity contribution >= 4 is 21.5 Å². The van der Waals surface area contributed by atoms with Crippen molar-refractivity contribution in [2.24, 2.45) is 11.8 Å². The monoisotopic (exact) mass is 451 g/mol. The molecule has 32 heavy (non-hydrogen) atoms. The quantitative estimate of drug-likeness (QED) is 0.550. The fourth-order valence-electron chi connectivity index (χ4n) is 4.36. The van der Waals surface area contributed by atoms with Gasteiger partial charge in [0.2, 0.25) is 10.0 Å². The van der Waals surface area contributed by atoms with E-state index in [-0.39, 0.29) is 17.1 Å². The number of sulfonamides is 1. The molecule has 2 unspecified atom stereocenters. The van der Waals surface area contributed by atoms with E-state index in [1.54, 1.807) is 6.20 Å². The van der Waals surface area contributed by atoms with Crippen LogP contribution in [0.5, 0.6) is 0 Å². The van der Waals surface area contributed by atoms with Crippen LogP contribution in [0.3, 0.4) is 0 Å². The minimum absolute atomic E-state index is 0.0486. The molecule has 3 aromatic rings. The average Bonchev–Trinajstić information content (AvgIpc) is 3.14. The molecule has 3 heterocycles. The van der Waals surface area contributed by atoms with Gasteiger partial charge in [0.25, 0.3) is 0 Å². The number of piperidine rings is 1. The van der Waals surface area contributed by atoms with E-state index in [0.717, 1.165) is 11.9 Å². The Morgan fingerprint density at radius 1 is 1.12 bits per heavy atom. The third-order valence-corrected chi connectivity index (χ3v) is 7.64. The first-order chi connectivity index (χ1) is 15.3. The smallest absolute Gasteiger partial charge is 0.338 e. The second-order valence-electron chi connectivity index (χ2n) is 8.50. The number of carbonyl (C=O) groups excluding carboxylic acids is 1. The molecule has 8 heteroatoms. The lowest BCUT2D eigenvalue weighted by atomic mass is 9.94. The SMILES string of the molecule is CC1CC(C)CN(S(=O)(=O)c2ccc(C(=O)OCc3cn4ccccc4c3C#N)cc2)C1. The lowest BCUT2D eigenvalue weighted by Crippen LogP contribution is -2.42. The highest BCUT2D eigenvalue weighted by Crippen LogP contribution is 2.27. The van der Waals surface area contributed by atoms with Crippen LogP contribution in [0.15, 0.2) is 59.8 Å². The predicted molar refractivity (Wildman–Crippen MR) is 119 cm³/mol. The molecule has 0 radical (unpaired) electrons. The first-order valence-corrected chi connectivity index (χ1v) is 12.0. The molecule has 0 saturated carbocycles. The molecule has 0 bridgehead atoms. The van der Waals surface area contributed by atoms with Crippen molar-refractivity contribution in [3.63, 3.8) is 0 Å². The molecule has 1 aromatic carbocycles. The highest BCUT2D eigenvalue weighted by atomic mass is 32.2. The molecule has 2 atom stereocenters. The van der Waals surface area contributed by atoms with Crippen LogP contribution in [0.4, 0.5) is 0 Å². The molecule has 4 rings (SSSR count). The highest BCUT2D eigenvalue weighted by molar-refractivity contribution is 7.89. The van der Waals surface area contributed by atoms with Gasteiger partial charge < -0.3 is 9.14 Å². The maximum Gasteiger partial charge on any atom is 0.338 e. The molecule has 0 amide bonds. The van der Waals surface area contributed by atoms with E-state index < -0.39 is 16.0 Å². The largest absolute Gasteiger partial charge is 0.457 e. The summed E-state index contributed by atoms with van der Waals surface area (Å²) in [7, 11) is -3.61. The fraction of sp³-hybridized carbons (Fsp3) is 0.333. The van der Waals surface area contributed by atoms with Crippen molar-refractivity contribution in [1.29, 1.82) is 5.26 Å². The maximum atomic E-state index is 13.0. The molecule has 7 nitrogen and oxygen atoms in total. The van der Waals surface area contributed by atoms with E-state index >= 15 is 0 Å². The molecule has 1 saturated heterocycles. The number of nitrogens with zero attached hydrogens (tertiary/aromatic N) is 3. The number of nitriles is 1. The molecular formula is C24H25N3O4S. The zero-order valence-corrected chi connectivity index (χ0v) is 18.9. The third-order valence-electron chi connectivity index (χ3n) is 5.80. The molecule has 0 spiro atoms. The summed E-state index contributed by atoms with van der Waals surface area (Å²) < 4.78 is 34.7. The van der Waals surface area contributed by atoms with Crippen LogP contribution in [0.2, 0.25) is 0 Å². The van der Waals surface area contributed by atoms with Gasteiger partial charge in [-0.05, 0) is 54.7 Å². The molecule has 0 aliphatic carbocycles. The molecule has 2 aromatic heterocycles. The molecular weight excluding hydrogens is 426 g/mol. The topological polar surface area (TPSA) is 91.9 Å². The summed E-state index contributed by atoms with van der Waals surface area (Å²) in [4.78, 5) is 12.7. The molecule has 1 fully saturated rings. The number of rotatable bonds is 5. The van der Waals surface area contributed by atoms with Crippen molar-refractivity contribution in [3.05, 3.63) is 71.5 Å². The summed E-state index contributed by atoms with van der Waals surface area (Å²) in [6, 6.07) is 13.5. The maximum absolute atomic E-state index is 13.0. The van der Waals surface area contributed by atoms with Crippen molar-refractivity contribution in [2.45, 2.75) is 31.8 Å². The Hall–Kier alpha value is -3.15. The van der Waals surface area contributed by atoms with Gasteiger partial charge in [-0.2, -0.15) is 9.57 Å². The van der Waals surface area contributed by atoms with Gasteiger partial charge in [0.1, 0.15) is 12.7 Å². The number of esters is 1. The van der Waals surface area contributed by atoms with Crippen molar-refractivity contribution in [2.75, 3.05) is 13.1 Å². The summed E-state index contributed by atoms with van der Waals surface area (Å²) >= 11 is 0. The minimum atomic E-state index is -3.61. The minimum Gasteiger partial charge on any atom is -0.457 e. The second kappa shape index (κ2) is 8.77. The fourth-order valence-corrected chi connectivity index (χ4v) is 6.04. The Morgan fingerprint density at radius 3 is 2.47 bits per heavy atom. The van der Waals surface area contributed by atoms with Gasteiger partial charge in [-0.15, -0.1) is 0 Å². The zero-order valence-electron chi connectivity index (χ0n) is 18.1. The van der Waals surface area contributed by atoms with Crippen molar-refractivity contribution < 1.29 is 17.9 Å². The van der Waals surface area contributed by atoms with Gasteiger partial charge >= 0.3 is 5.97 Å². The summed E-state index contributed by atoms with van der Waals surface area (Å²) in [5, 5.41) is 9.47. The number of carbonyl (C=O) groups is 1. The van der Waals surface area contributed by atoms with Crippen molar-refractivity contribution in [3.8, 4) is 6.07 Å². The van der Waals surface area contributed by atoms with Gasteiger partial charge in [0.05, 0.1) is 21.5 Å². The number of pyridine rings is 1. The third kappa shape index (κ3) is 4.27. The van der Waals surface area contributed by atoms with Crippen LogP contribution in [-0.4, -0.2) is 36.2 Å². The zero-order chi connectivity index (χ0) is 22.9.